The largest absolute Gasteiger partial charge is 0.481 e. The van der Waals surface area contributed by atoms with Crippen molar-refractivity contribution in [2.45, 2.75) is 45.9 Å². The summed E-state index contributed by atoms with van der Waals surface area (Å²) >= 11 is 1.52. The lowest BCUT2D eigenvalue weighted by molar-refractivity contribution is -0.129. The first-order valence-corrected chi connectivity index (χ1v) is 8.31. The average molecular weight is 334 g/mol. The number of carbonyl (C=O) groups excluding carboxylic acids is 1. The van der Waals surface area contributed by atoms with E-state index in [0.29, 0.717) is 5.75 Å². The first kappa shape index (κ1) is 17.4. The van der Waals surface area contributed by atoms with E-state index in [4.69, 9.17) is 9.84 Å². The quantitative estimate of drug-likeness (QED) is 0.852. The molecule has 1 atom stereocenters. The van der Waals surface area contributed by atoms with E-state index < -0.39 is 11.6 Å². The number of ether oxygens (including phenoxy) is 1. The van der Waals surface area contributed by atoms with Crippen LogP contribution in [-0.4, -0.2) is 22.1 Å². The van der Waals surface area contributed by atoms with E-state index in [0.717, 1.165) is 16.3 Å². The molecule has 2 N–H and O–H groups in total. The maximum absolute atomic E-state index is 12.4. The lowest BCUT2D eigenvalue weighted by Gasteiger charge is -2.26. The van der Waals surface area contributed by atoms with Gasteiger partial charge in [-0.25, -0.2) is 4.98 Å². The zero-order valence-electron chi connectivity index (χ0n) is 13.8. The number of hydrogen-bond acceptors (Lipinski definition) is 5. The number of aliphatic hydroxyl groups excluding tert-OH is 1. The predicted molar refractivity (Wildman–Crippen MR) is 90.5 cm³/mol. The van der Waals surface area contributed by atoms with Crippen molar-refractivity contribution in [2.24, 2.45) is 0 Å². The van der Waals surface area contributed by atoms with E-state index in [1.165, 1.54) is 11.3 Å². The summed E-state index contributed by atoms with van der Waals surface area (Å²) in [6.45, 7) is 7.40. The number of benzene rings is 1. The molecule has 5 nitrogen and oxygen atoms in total. The van der Waals surface area contributed by atoms with Crippen LogP contribution in [0.3, 0.4) is 0 Å². The molecule has 0 aliphatic heterocycles. The number of hydrogen-bond donors (Lipinski definition) is 2. The summed E-state index contributed by atoms with van der Waals surface area (Å²) in [7, 11) is 0. The van der Waals surface area contributed by atoms with Gasteiger partial charge in [0.25, 0.3) is 5.91 Å². The molecule has 0 bridgehead atoms. The Kier molecular flexibility index (Phi) is 5.38. The van der Waals surface area contributed by atoms with Gasteiger partial charge in [0.2, 0.25) is 0 Å². The van der Waals surface area contributed by atoms with Crippen LogP contribution in [-0.2, 0) is 16.9 Å². The molecule has 2 rings (SSSR count). The van der Waals surface area contributed by atoms with Crippen LogP contribution in [0.25, 0.3) is 0 Å². The van der Waals surface area contributed by atoms with Crippen LogP contribution in [0.1, 0.15) is 37.0 Å². The number of thiazole rings is 1. The van der Waals surface area contributed by atoms with E-state index in [1.54, 1.807) is 31.2 Å². The fourth-order valence-electron chi connectivity index (χ4n) is 2.08. The molecular formula is C17H22N2O3S. The normalized spacial score (nSPS) is 12.7. The van der Waals surface area contributed by atoms with Crippen LogP contribution >= 0.6 is 11.3 Å². The molecule has 0 spiro atoms. The van der Waals surface area contributed by atoms with E-state index >= 15 is 0 Å². The molecule has 0 aliphatic rings. The number of carbonyl (C=O) groups is 1. The van der Waals surface area contributed by atoms with E-state index in [-0.39, 0.29) is 12.5 Å². The van der Waals surface area contributed by atoms with Gasteiger partial charge in [0, 0.05) is 11.1 Å². The van der Waals surface area contributed by atoms with E-state index in [1.807, 2.05) is 26.2 Å². The first-order chi connectivity index (χ1) is 10.8. The number of amides is 1. The monoisotopic (exact) mass is 334 g/mol. The molecule has 1 unspecified atom stereocenters. The zero-order valence-corrected chi connectivity index (χ0v) is 14.6. The van der Waals surface area contributed by atoms with Gasteiger partial charge in [-0.2, -0.15) is 0 Å². The fourth-order valence-corrected chi connectivity index (χ4v) is 2.96. The number of nitrogens with one attached hydrogen (secondary N) is 1. The highest BCUT2D eigenvalue weighted by Gasteiger charge is 2.28. The summed E-state index contributed by atoms with van der Waals surface area (Å²) < 4.78 is 5.67. The molecule has 23 heavy (non-hydrogen) atoms. The summed E-state index contributed by atoms with van der Waals surface area (Å²) in [6.07, 6.45) is -0.649. The third kappa shape index (κ3) is 4.53. The van der Waals surface area contributed by atoms with E-state index in [2.05, 4.69) is 10.3 Å². The Morgan fingerprint density at radius 1 is 1.48 bits per heavy atom. The number of aryl methyl sites for hydroxylation is 1. The Balaban J connectivity index is 2.01. The molecule has 2 aromatic rings. The van der Waals surface area contributed by atoms with Crippen molar-refractivity contribution in [3.8, 4) is 5.75 Å². The smallest absolute Gasteiger partial charge is 0.261 e. The highest BCUT2D eigenvalue weighted by Crippen LogP contribution is 2.24. The second-order valence-electron chi connectivity index (χ2n) is 5.97. The van der Waals surface area contributed by atoms with Crippen LogP contribution in [0.2, 0.25) is 0 Å². The highest BCUT2D eigenvalue weighted by molar-refractivity contribution is 7.09. The number of aromatic nitrogens is 1. The predicted octanol–water partition coefficient (Wildman–Crippen LogP) is 2.76. The van der Waals surface area contributed by atoms with Crippen molar-refractivity contribution in [3.05, 3.63) is 45.9 Å². The Morgan fingerprint density at radius 3 is 2.83 bits per heavy atom. The summed E-state index contributed by atoms with van der Waals surface area (Å²) in [4.78, 5) is 16.8. The number of aliphatic hydroxyl groups is 1. The Hall–Kier alpha value is -1.92. The molecule has 1 heterocycles. The molecule has 0 saturated heterocycles. The van der Waals surface area contributed by atoms with Gasteiger partial charge >= 0.3 is 0 Å². The second-order valence-corrected chi connectivity index (χ2v) is 6.83. The second kappa shape index (κ2) is 7.10. The number of nitrogens with zero attached hydrogens (tertiary/aromatic N) is 1. The third-order valence-corrected chi connectivity index (χ3v) is 4.64. The number of rotatable bonds is 6. The van der Waals surface area contributed by atoms with Crippen molar-refractivity contribution in [2.75, 3.05) is 0 Å². The van der Waals surface area contributed by atoms with Gasteiger partial charge in [0.05, 0.1) is 12.1 Å². The molecule has 1 amide bonds. The Bertz CT molecular complexity index is 682. The summed E-state index contributed by atoms with van der Waals surface area (Å²) in [5.41, 5.74) is 1.13. The van der Waals surface area contributed by atoms with Crippen molar-refractivity contribution < 1.29 is 14.6 Å². The van der Waals surface area contributed by atoms with Crippen molar-refractivity contribution >= 4 is 17.2 Å². The maximum atomic E-state index is 12.4. The molecular weight excluding hydrogens is 312 g/mol. The molecule has 1 aromatic heterocycles. The molecule has 0 aliphatic carbocycles. The first-order valence-electron chi connectivity index (χ1n) is 7.43. The van der Waals surface area contributed by atoms with Crippen LogP contribution in [0.5, 0.6) is 5.75 Å². The van der Waals surface area contributed by atoms with Gasteiger partial charge < -0.3 is 15.2 Å². The molecule has 6 heteroatoms. The van der Waals surface area contributed by atoms with Crippen LogP contribution in [0.15, 0.2) is 29.6 Å². The lowest BCUT2D eigenvalue weighted by Crippen LogP contribution is -2.46. The fraction of sp³-hybridized carbons (Fsp3) is 0.412. The van der Waals surface area contributed by atoms with Crippen molar-refractivity contribution in [1.29, 1.82) is 0 Å². The maximum Gasteiger partial charge on any atom is 0.261 e. The highest BCUT2D eigenvalue weighted by atomic mass is 32.1. The van der Waals surface area contributed by atoms with Gasteiger partial charge in [-0.3, -0.25) is 4.79 Å². The van der Waals surface area contributed by atoms with Crippen LogP contribution < -0.4 is 10.1 Å². The van der Waals surface area contributed by atoms with Gasteiger partial charge in [-0.15, -0.1) is 11.3 Å². The minimum atomic E-state index is -0.649. The van der Waals surface area contributed by atoms with Crippen LogP contribution in [0.4, 0.5) is 0 Å². The van der Waals surface area contributed by atoms with Crippen LogP contribution in [0, 0.1) is 6.92 Å². The SMILES string of the molecule is Cc1csc(C(C)(C)NC(=O)C(C)Oc2cccc(CO)c2)n1. The summed E-state index contributed by atoms with van der Waals surface area (Å²) in [5, 5.41) is 14.9. The molecule has 1 aromatic carbocycles. The zero-order chi connectivity index (χ0) is 17.0. The summed E-state index contributed by atoms with van der Waals surface area (Å²) in [5.74, 6) is 0.347. The summed E-state index contributed by atoms with van der Waals surface area (Å²) in [6, 6.07) is 7.07. The standard InChI is InChI=1S/C17H22N2O3S/c1-11-10-23-16(18-11)17(3,4)19-15(21)12(2)22-14-7-5-6-13(8-14)9-20/h5-8,10,12,20H,9H2,1-4H3,(H,19,21). The molecule has 0 saturated carbocycles. The van der Waals surface area contributed by atoms with Crippen molar-refractivity contribution in [1.82, 2.24) is 10.3 Å². The Labute approximate surface area is 140 Å². The lowest BCUT2D eigenvalue weighted by atomic mass is 10.1. The van der Waals surface area contributed by atoms with E-state index in [9.17, 15) is 4.79 Å². The molecule has 0 fully saturated rings. The van der Waals surface area contributed by atoms with Gasteiger partial charge in [0.15, 0.2) is 6.10 Å². The van der Waals surface area contributed by atoms with Gasteiger partial charge in [0.1, 0.15) is 10.8 Å². The topological polar surface area (TPSA) is 71.5 Å². The minimum Gasteiger partial charge on any atom is -0.481 e. The average Bonchev–Trinajstić information content (AvgIpc) is 2.94. The van der Waals surface area contributed by atoms with Gasteiger partial charge in [-0.1, -0.05) is 12.1 Å². The van der Waals surface area contributed by atoms with Gasteiger partial charge in [-0.05, 0) is 45.4 Å². The molecule has 124 valence electrons. The third-order valence-electron chi connectivity index (χ3n) is 3.35. The minimum absolute atomic E-state index is 0.0613. The van der Waals surface area contributed by atoms with Crippen molar-refractivity contribution in [3.63, 3.8) is 0 Å². The molecule has 0 radical (unpaired) electrons. The Morgan fingerprint density at radius 2 is 2.22 bits per heavy atom.